The Morgan fingerprint density at radius 1 is 1.15 bits per heavy atom. The van der Waals surface area contributed by atoms with E-state index in [9.17, 15) is 0 Å². The average molecular weight is 295 g/mol. The molecule has 112 valence electrons. The van der Waals surface area contributed by atoms with Crippen molar-refractivity contribution in [1.29, 1.82) is 0 Å². The molecule has 1 heterocycles. The summed E-state index contributed by atoms with van der Waals surface area (Å²) >= 11 is 1.91. The normalized spacial score (nSPS) is 18.2. The number of carbonyl (C=O) groups is 1. The van der Waals surface area contributed by atoms with Crippen LogP contribution in [0.4, 0.5) is 0 Å². The van der Waals surface area contributed by atoms with Crippen LogP contribution in [0, 0.1) is 0 Å². The molecule has 1 amide bonds. The fourth-order valence-electron chi connectivity index (χ4n) is 1.59. The van der Waals surface area contributed by atoms with Crippen LogP contribution in [0.2, 0.25) is 0 Å². The molecule has 2 rings (SSSR count). The second-order valence-electron chi connectivity index (χ2n) is 5.14. The van der Waals surface area contributed by atoms with Gasteiger partial charge in [0, 0.05) is 4.75 Å². The molecule has 0 aromatic heterocycles. The van der Waals surface area contributed by atoms with Crippen LogP contribution in [-0.4, -0.2) is 23.0 Å². The Morgan fingerprint density at radius 2 is 1.60 bits per heavy atom. The fourth-order valence-corrected chi connectivity index (χ4v) is 3.04. The van der Waals surface area contributed by atoms with Gasteiger partial charge in [-0.2, -0.15) is 11.6 Å². The third-order valence-corrected chi connectivity index (χ3v) is 4.99. The van der Waals surface area contributed by atoms with E-state index >= 15 is 0 Å². The second-order valence-corrected chi connectivity index (χ2v) is 6.82. The summed E-state index contributed by atoms with van der Waals surface area (Å²) in [6, 6.07) is 10.4. The van der Waals surface area contributed by atoms with Crippen LogP contribution < -0.4 is 11.2 Å². The summed E-state index contributed by atoms with van der Waals surface area (Å²) in [4.78, 5) is 8.58. The lowest BCUT2D eigenvalue weighted by Gasteiger charge is -2.32. The van der Waals surface area contributed by atoms with Gasteiger partial charge in [0.05, 0.1) is 5.60 Å². The van der Waals surface area contributed by atoms with Crippen LogP contribution in [0.5, 0.6) is 0 Å². The van der Waals surface area contributed by atoms with E-state index in [0.29, 0.717) is 0 Å². The van der Waals surface area contributed by atoms with Crippen molar-refractivity contribution in [2.75, 3.05) is 0 Å². The number of primary amides is 1. The zero-order chi connectivity index (χ0) is 15.8. The van der Waals surface area contributed by atoms with Gasteiger partial charge in [-0.3, -0.25) is 4.79 Å². The minimum atomic E-state index is -0.0713. The highest BCUT2D eigenvalue weighted by Crippen LogP contribution is 2.46. The second kappa shape index (κ2) is 8.37. The van der Waals surface area contributed by atoms with E-state index in [1.807, 2.05) is 31.5 Å². The van der Waals surface area contributed by atoms with Gasteiger partial charge in [-0.05, 0) is 33.2 Å². The Hall–Kier alpha value is -0.935. The van der Waals surface area contributed by atoms with Crippen molar-refractivity contribution in [2.24, 2.45) is 5.73 Å². The Kier molecular flexibility index (Phi) is 7.98. The number of hydrogen-bond donors (Lipinski definition) is 1. The summed E-state index contributed by atoms with van der Waals surface area (Å²) in [6.45, 7) is 12.8. The number of rotatable bonds is 1. The van der Waals surface area contributed by atoms with Gasteiger partial charge in [-0.1, -0.05) is 44.2 Å². The van der Waals surface area contributed by atoms with Crippen molar-refractivity contribution >= 4 is 29.7 Å². The van der Waals surface area contributed by atoms with Crippen molar-refractivity contribution in [3.63, 3.8) is 0 Å². The lowest BCUT2D eigenvalue weighted by Crippen LogP contribution is -2.39. The maximum atomic E-state index is 8.58. The molecule has 20 heavy (non-hydrogen) atoms. The molecule has 1 aromatic rings. The molecule has 0 aliphatic carbocycles. The summed E-state index contributed by atoms with van der Waals surface area (Å²) in [5.41, 5.74) is 5.36. The SMILES string of the molecule is CC.CC1(C)OB(c2ccccc2)SC1(C)C.NC=O. The highest BCUT2D eigenvalue weighted by Gasteiger charge is 2.50. The smallest absolute Gasteiger partial charge is 0.397 e. The maximum Gasteiger partial charge on any atom is 0.397 e. The fraction of sp³-hybridized carbons (Fsp3) is 0.533. The molecule has 2 N–H and O–H groups in total. The molecule has 0 unspecified atom stereocenters. The summed E-state index contributed by atoms with van der Waals surface area (Å²) in [5.74, 6) is 0. The Bertz CT molecular complexity index is 380. The highest BCUT2D eigenvalue weighted by atomic mass is 32.2. The molecule has 1 aromatic carbocycles. The molecule has 1 aliphatic rings. The van der Waals surface area contributed by atoms with Crippen molar-refractivity contribution < 1.29 is 9.45 Å². The average Bonchev–Trinajstić information content (AvgIpc) is 2.63. The monoisotopic (exact) mass is 295 g/mol. The van der Waals surface area contributed by atoms with E-state index in [0.717, 1.165) is 0 Å². The summed E-state index contributed by atoms with van der Waals surface area (Å²) in [6.07, 6.45) is 0.427. The van der Waals surface area contributed by atoms with Crippen LogP contribution in [0.15, 0.2) is 30.3 Å². The van der Waals surface area contributed by atoms with Crippen molar-refractivity contribution in [3.05, 3.63) is 30.3 Å². The quantitative estimate of drug-likeness (QED) is 0.640. The predicted molar refractivity (Wildman–Crippen MR) is 90.3 cm³/mol. The van der Waals surface area contributed by atoms with E-state index in [-0.39, 0.29) is 23.0 Å². The lowest BCUT2D eigenvalue weighted by atomic mass is 9.84. The molecule has 0 saturated carbocycles. The van der Waals surface area contributed by atoms with E-state index in [2.05, 4.69) is 57.7 Å². The first kappa shape index (κ1) is 19.1. The topological polar surface area (TPSA) is 52.3 Å². The number of carbonyl (C=O) groups excluding carboxylic acids is 1. The van der Waals surface area contributed by atoms with Gasteiger partial charge in [-0.15, -0.1) is 0 Å². The van der Waals surface area contributed by atoms with E-state index < -0.39 is 0 Å². The first-order valence-electron chi connectivity index (χ1n) is 6.90. The van der Waals surface area contributed by atoms with Gasteiger partial charge in [0.2, 0.25) is 6.41 Å². The zero-order valence-corrected chi connectivity index (χ0v) is 14.2. The van der Waals surface area contributed by atoms with Gasteiger partial charge in [-0.25, -0.2) is 0 Å². The molecule has 1 saturated heterocycles. The van der Waals surface area contributed by atoms with Gasteiger partial charge in [0.15, 0.2) is 0 Å². The molecule has 5 heteroatoms. The number of benzene rings is 1. The van der Waals surface area contributed by atoms with Crippen LogP contribution in [0.25, 0.3) is 0 Å². The van der Waals surface area contributed by atoms with Crippen LogP contribution >= 0.6 is 11.6 Å². The van der Waals surface area contributed by atoms with Crippen LogP contribution in [-0.2, 0) is 9.45 Å². The third-order valence-electron chi connectivity index (χ3n) is 3.32. The van der Waals surface area contributed by atoms with Crippen molar-refractivity contribution in [3.8, 4) is 0 Å². The molecule has 0 radical (unpaired) electrons. The Balaban J connectivity index is 0.000000641. The van der Waals surface area contributed by atoms with Crippen molar-refractivity contribution in [2.45, 2.75) is 51.9 Å². The van der Waals surface area contributed by atoms with Crippen LogP contribution in [0.1, 0.15) is 41.5 Å². The van der Waals surface area contributed by atoms with Gasteiger partial charge in [0.1, 0.15) is 0 Å². The molecular weight excluding hydrogens is 269 g/mol. The third kappa shape index (κ3) is 4.87. The van der Waals surface area contributed by atoms with Gasteiger partial charge >= 0.3 is 6.19 Å². The number of nitrogens with two attached hydrogens (primary N) is 1. The molecule has 3 nitrogen and oxygen atoms in total. The first-order chi connectivity index (χ1) is 9.34. The highest BCUT2D eigenvalue weighted by molar-refractivity contribution is 8.27. The summed E-state index contributed by atoms with van der Waals surface area (Å²) in [7, 11) is 0. The molecule has 0 bridgehead atoms. The molecule has 1 fully saturated rings. The summed E-state index contributed by atoms with van der Waals surface area (Å²) < 4.78 is 6.27. The maximum absolute atomic E-state index is 8.58. The molecule has 1 aliphatic heterocycles. The van der Waals surface area contributed by atoms with Crippen LogP contribution in [0.3, 0.4) is 0 Å². The largest absolute Gasteiger partial charge is 0.416 e. The predicted octanol–water partition coefficient (Wildman–Crippen LogP) is 2.83. The first-order valence-corrected chi connectivity index (χ1v) is 7.78. The Labute approximate surface area is 127 Å². The zero-order valence-electron chi connectivity index (χ0n) is 13.3. The minimum Gasteiger partial charge on any atom is -0.416 e. The lowest BCUT2D eigenvalue weighted by molar-refractivity contribution is -0.106. The molecule has 0 spiro atoms. The number of amides is 1. The summed E-state index contributed by atoms with van der Waals surface area (Å²) in [5, 5.41) is 0. The van der Waals surface area contributed by atoms with Gasteiger partial charge < -0.3 is 10.4 Å². The number of hydrogen-bond acceptors (Lipinski definition) is 3. The molecular formula is C15H26BNO2S. The standard InChI is InChI=1S/C12H17BOS.C2H6.CH3NO/c1-11(2)12(3,4)15-13(14-11)10-8-6-5-7-9-10;1-2;2-1-3/h5-9H,1-4H3;1-2H3;1H,(H2,2,3). The van der Waals surface area contributed by atoms with E-state index in [1.165, 1.54) is 5.46 Å². The minimum absolute atomic E-state index is 0.0713. The van der Waals surface area contributed by atoms with Crippen molar-refractivity contribution in [1.82, 2.24) is 0 Å². The Morgan fingerprint density at radius 3 is 1.95 bits per heavy atom. The van der Waals surface area contributed by atoms with Gasteiger partial charge in [0.25, 0.3) is 0 Å². The molecule has 0 atom stereocenters. The van der Waals surface area contributed by atoms with E-state index in [1.54, 1.807) is 0 Å². The van der Waals surface area contributed by atoms with E-state index in [4.69, 9.17) is 9.45 Å².